The molecular formula is C23H14ClFN4S2. The van der Waals surface area contributed by atoms with Crippen molar-refractivity contribution in [3.63, 3.8) is 0 Å². The smallest absolute Gasteiger partial charge is 0.207 e. The molecule has 1 atom stereocenters. The Balaban J connectivity index is 1.51. The van der Waals surface area contributed by atoms with Gasteiger partial charge in [-0.1, -0.05) is 35.9 Å². The second-order valence-electron chi connectivity index (χ2n) is 6.97. The summed E-state index contributed by atoms with van der Waals surface area (Å²) in [6.45, 7) is 0. The molecule has 31 heavy (non-hydrogen) atoms. The van der Waals surface area contributed by atoms with E-state index in [0.29, 0.717) is 16.3 Å². The minimum Gasteiger partial charge on any atom is -0.231 e. The Kier molecular flexibility index (Phi) is 5.28. The van der Waals surface area contributed by atoms with Crippen molar-refractivity contribution in [2.24, 2.45) is 5.10 Å². The highest BCUT2D eigenvalue weighted by atomic mass is 35.5. The summed E-state index contributed by atoms with van der Waals surface area (Å²) in [6.07, 6.45) is 0.675. The molecule has 2 aromatic heterocycles. The van der Waals surface area contributed by atoms with E-state index < -0.39 is 0 Å². The van der Waals surface area contributed by atoms with Crippen LogP contribution in [0.3, 0.4) is 0 Å². The van der Waals surface area contributed by atoms with Crippen LogP contribution in [-0.2, 0) is 0 Å². The molecule has 8 heteroatoms. The largest absolute Gasteiger partial charge is 0.231 e. The van der Waals surface area contributed by atoms with E-state index in [1.54, 1.807) is 24.3 Å². The van der Waals surface area contributed by atoms with Crippen molar-refractivity contribution in [2.45, 2.75) is 12.5 Å². The van der Waals surface area contributed by atoms with E-state index in [1.807, 2.05) is 34.7 Å². The first-order valence-corrected chi connectivity index (χ1v) is 11.5. The molecule has 0 saturated carbocycles. The molecule has 1 unspecified atom stereocenters. The number of thiazole rings is 1. The number of hydrazone groups is 1. The lowest BCUT2D eigenvalue weighted by atomic mass is 10.0. The lowest BCUT2D eigenvalue weighted by Gasteiger charge is -2.21. The Morgan fingerprint density at radius 3 is 2.52 bits per heavy atom. The Labute approximate surface area is 191 Å². The van der Waals surface area contributed by atoms with Crippen LogP contribution in [0.25, 0.3) is 11.3 Å². The van der Waals surface area contributed by atoms with E-state index in [0.717, 1.165) is 32.5 Å². The van der Waals surface area contributed by atoms with Crippen LogP contribution >= 0.6 is 34.3 Å². The van der Waals surface area contributed by atoms with Crippen molar-refractivity contribution in [1.82, 2.24) is 4.98 Å². The fourth-order valence-electron chi connectivity index (χ4n) is 3.47. The van der Waals surface area contributed by atoms with Crippen LogP contribution < -0.4 is 5.01 Å². The molecule has 0 amide bonds. The number of thiophene rings is 1. The Hall–Kier alpha value is -3.05. The zero-order chi connectivity index (χ0) is 21.4. The van der Waals surface area contributed by atoms with Crippen LogP contribution in [0, 0.1) is 17.1 Å². The monoisotopic (exact) mass is 464 g/mol. The summed E-state index contributed by atoms with van der Waals surface area (Å²) in [4.78, 5) is 5.82. The number of nitrogens with zero attached hydrogens (tertiary/aromatic N) is 4. The predicted octanol–water partition coefficient (Wildman–Crippen LogP) is 6.89. The van der Waals surface area contributed by atoms with Gasteiger partial charge in [0.2, 0.25) is 5.13 Å². The van der Waals surface area contributed by atoms with Crippen molar-refractivity contribution in [1.29, 1.82) is 5.26 Å². The van der Waals surface area contributed by atoms with Crippen molar-refractivity contribution >= 4 is 45.1 Å². The fourth-order valence-corrected chi connectivity index (χ4v) is 5.34. The normalized spacial score (nSPS) is 15.7. The number of hydrogen-bond acceptors (Lipinski definition) is 6. The standard InChI is InChI=1S/C23H14ClFN4S2/c24-22-10-9-21(31-22)18-11-20(16-5-7-17(25)8-6-16)29(28-18)23-27-19(13-30-23)15-3-1-14(12-26)2-4-15/h1-10,13,20H,11H2. The third-order valence-corrected chi connectivity index (χ3v) is 7.13. The quantitative estimate of drug-likeness (QED) is 0.330. The van der Waals surface area contributed by atoms with Gasteiger partial charge in [-0.2, -0.15) is 10.4 Å². The van der Waals surface area contributed by atoms with Crippen LogP contribution in [0.5, 0.6) is 0 Å². The predicted molar refractivity (Wildman–Crippen MR) is 124 cm³/mol. The zero-order valence-corrected chi connectivity index (χ0v) is 18.4. The number of halogens is 2. The van der Waals surface area contributed by atoms with Gasteiger partial charge in [0, 0.05) is 17.4 Å². The average Bonchev–Trinajstić information content (AvgIpc) is 3.53. The van der Waals surface area contributed by atoms with E-state index >= 15 is 0 Å². The molecule has 1 aliphatic heterocycles. The van der Waals surface area contributed by atoms with E-state index in [4.69, 9.17) is 26.9 Å². The fraction of sp³-hybridized carbons (Fsp3) is 0.0870. The lowest BCUT2D eigenvalue weighted by Crippen LogP contribution is -2.18. The number of benzene rings is 2. The summed E-state index contributed by atoms with van der Waals surface area (Å²) in [5.41, 5.74) is 4.27. The van der Waals surface area contributed by atoms with E-state index in [9.17, 15) is 4.39 Å². The van der Waals surface area contributed by atoms with Gasteiger partial charge in [0.25, 0.3) is 0 Å². The maximum Gasteiger partial charge on any atom is 0.207 e. The van der Waals surface area contributed by atoms with E-state index in [-0.39, 0.29) is 11.9 Å². The summed E-state index contributed by atoms with van der Waals surface area (Å²) in [5.74, 6) is -0.267. The molecule has 0 bridgehead atoms. The molecule has 1 aliphatic rings. The number of hydrogen-bond donors (Lipinski definition) is 0. The molecule has 4 aromatic rings. The summed E-state index contributed by atoms with van der Waals surface area (Å²) < 4.78 is 14.2. The second-order valence-corrected chi connectivity index (χ2v) is 9.52. The second kappa shape index (κ2) is 8.23. The highest BCUT2D eigenvalue weighted by Crippen LogP contribution is 2.40. The molecule has 4 nitrogen and oxygen atoms in total. The Bertz CT molecular complexity index is 1300. The first-order chi connectivity index (χ1) is 15.1. The van der Waals surface area contributed by atoms with Gasteiger partial charge in [0.1, 0.15) is 5.82 Å². The molecule has 0 saturated heterocycles. The number of anilines is 1. The third-order valence-electron chi connectivity index (χ3n) is 5.02. The van der Waals surface area contributed by atoms with Gasteiger partial charge < -0.3 is 0 Å². The van der Waals surface area contributed by atoms with Crippen LogP contribution in [0.2, 0.25) is 4.34 Å². The Morgan fingerprint density at radius 2 is 1.84 bits per heavy atom. The molecule has 0 radical (unpaired) electrons. The van der Waals surface area contributed by atoms with Crippen LogP contribution in [0.4, 0.5) is 9.52 Å². The van der Waals surface area contributed by atoms with Crippen LogP contribution in [-0.4, -0.2) is 10.7 Å². The number of nitriles is 1. The van der Waals surface area contributed by atoms with Gasteiger partial charge in [-0.15, -0.1) is 22.7 Å². The maximum absolute atomic E-state index is 13.5. The van der Waals surface area contributed by atoms with E-state index in [1.165, 1.54) is 34.8 Å². The average molecular weight is 465 g/mol. The molecule has 0 N–H and O–H groups in total. The number of aromatic nitrogens is 1. The van der Waals surface area contributed by atoms with Crippen molar-refractivity contribution in [2.75, 3.05) is 5.01 Å². The molecular weight excluding hydrogens is 451 g/mol. The minimum absolute atomic E-state index is 0.0866. The van der Waals surface area contributed by atoms with Gasteiger partial charge in [-0.05, 0) is 42.0 Å². The van der Waals surface area contributed by atoms with Gasteiger partial charge in [0.15, 0.2) is 0 Å². The molecule has 3 heterocycles. The van der Waals surface area contributed by atoms with Crippen molar-refractivity contribution in [3.8, 4) is 17.3 Å². The first-order valence-electron chi connectivity index (χ1n) is 9.44. The van der Waals surface area contributed by atoms with Crippen molar-refractivity contribution < 1.29 is 4.39 Å². The lowest BCUT2D eigenvalue weighted by molar-refractivity contribution is 0.624. The molecule has 152 valence electrons. The summed E-state index contributed by atoms with van der Waals surface area (Å²) in [5, 5.41) is 18.5. The highest BCUT2D eigenvalue weighted by Gasteiger charge is 2.32. The third kappa shape index (κ3) is 3.98. The molecule has 0 fully saturated rings. The van der Waals surface area contributed by atoms with Gasteiger partial charge in [-0.25, -0.2) is 14.4 Å². The SMILES string of the molecule is N#Cc1ccc(-c2csc(N3N=C(c4ccc(Cl)s4)CC3c3ccc(F)cc3)n2)cc1. The van der Waals surface area contributed by atoms with Crippen LogP contribution in [0.15, 0.2) is 71.1 Å². The van der Waals surface area contributed by atoms with Gasteiger partial charge in [-0.3, -0.25) is 0 Å². The molecule has 0 aliphatic carbocycles. The highest BCUT2D eigenvalue weighted by molar-refractivity contribution is 7.18. The summed E-state index contributed by atoms with van der Waals surface area (Å²) >= 11 is 9.13. The molecule has 2 aromatic carbocycles. The zero-order valence-electron chi connectivity index (χ0n) is 16.0. The number of rotatable bonds is 4. The summed E-state index contributed by atoms with van der Waals surface area (Å²) in [7, 11) is 0. The van der Waals surface area contributed by atoms with Gasteiger partial charge in [0.05, 0.1) is 38.3 Å². The molecule has 5 rings (SSSR count). The summed E-state index contributed by atoms with van der Waals surface area (Å²) in [6, 6.07) is 19.7. The first kappa shape index (κ1) is 19.9. The minimum atomic E-state index is -0.267. The van der Waals surface area contributed by atoms with Gasteiger partial charge >= 0.3 is 0 Å². The van der Waals surface area contributed by atoms with Crippen LogP contribution in [0.1, 0.15) is 28.5 Å². The van der Waals surface area contributed by atoms with Crippen molar-refractivity contribution in [3.05, 3.63) is 92.2 Å². The topological polar surface area (TPSA) is 52.3 Å². The molecule has 0 spiro atoms. The Morgan fingerprint density at radius 1 is 1.06 bits per heavy atom. The maximum atomic E-state index is 13.5. The van der Waals surface area contributed by atoms with E-state index in [2.05, 4.69) is 6.07 Å².